The first-order chi connectivity index (χ1) is 10.1. The number of amides is 1. The summed E-state index contributed by atoms with van der Waals surface area (Å²) in [6.45, 7) is 0.359. The molecule has 0 radical (unpaired) electrons. The van der Waals surface area contributed by atoms with Crippen LogP contribution >= 0.6 is 11.3 Å². The lowest BCUT2D eigenvalue weighted by atomic mass is 9.68. The molecule has 0 atom stereocenters. The minimum absolute atomic E-state index is 0.0543. The lowest BCUT2D eigenvalue weighted by molar-refractivity contribution is -0.129. The number of carbonyl (C=O) groups is 2. The van der Waals surface area contributed by atoms with Gasteiger partial charge >= 0.3 is 5.97 Å². The van der Waals surface area contributed by atoms with Crippen molar-refractivity contribution >= 4 is 28.2 Å². The maximum Gasteiger partial charge on any atom is 0.341 e. The van der Waals surface area contributed by atoms with Gasteiger partial charge in [-0.25, -0.2) is 4.79 Å². The molecule has 5 nitrogen and oxygen atoms in total. The zero-order valence-electron chi connectivity index (χ0n) is 12.2. The fourth-order valence-electron chi connectivity index (χ4n) is 3.17. The van der Waals surface area contributed by atoms with Crippen LogP contribution < -0.4 is 11.1 Å². The summed E-state index contributed by atoms with van der Waals surface area (Å²) in [7, 11) is 1.38. The molecule has 1 amide bonds. The monoisotopic (exact) mass is 308 g/mol. The highest BCUT2D eigenvalue weighted by atomic mass is 32.1. The van der Waals surface area contributed by atoms with Crippen molar-refractivity contribution in [2.24, 2.45) is 11.1 Å². The Morgan fingerprint density at radius 3 is 2.67 bits per heavy atom. The van der Waals surface area contributed by atoms with E-state index in [9.17, 15) is 9.59 Å². The minimum atomic E-state index is -0.443. The van der Waals surface area contributed by atoms with Gasteiger partial charge < -0.3 is 15.8 Å². The second-order valence-electron chi connectivity index (χ2n) is 5.85. The van der Waals surface area contributed by atoms with Crippen molar-refractivity contribution in [3.63, 3.8) is 0 Å². The Kier molecular flexibility index (Phi) is 3.75. The fraction of sp³-hybridized carbons (Fsp3) is 0.600. The molecule has 0 bridgehead atoms. The highest BCUT2D eigenvalue weighted by Crippen LogP contribution is 2.43. The molecule has 114 valence electrons. The predicted octanol–water partition coefficient (Wildman–Crippen LogP) is 2.09. The predicted molar refractivity (Wildman–Crippen MR) is 81.7 cm³/mol. The summed E-state index contributed by atoms with van der Waals surface area (Å²) < 4.78 is 4.89. The summed E-state index contributed by atoms with van der Waals surface area (Å²) >= 11 is 1.51. The van der Waals surface area contributed by atoms with Crippen molar-refractivity contribution in [3.05, 3.63) is 16.0 Å². The van der Waals surface area contributed by atoms with Gasteiger partial charge in [0.1, 0.15) is 5.00 Å². The molecule has 1 heterocycles. The van der Waals surface area contributed by atoms with Crippen LogP contribution in [0.15, 0.2) is 0 Å². The van der Waals surface area contributed by atoms with E-state index in [0.29, 0.717) is 17.1 Å². The van der Waals surface area contributed by atoms with Crippen LogP contribution in [0.2, 0.25) is 0 Å². The van der Waals surface area contributed by atoms with E-state index < -0.39 is 5.41 Å². The molecule has 0 spiro atoms. The Hall–Kier alpha value is -1.40. The molecule has 2 aliphatic carbocycles. The molecule has 0 aromatic carbocycles. The van der Waals surface area contributed by atoms with Crippen LogP contribution in [-0.2, 0) is 22.4 Å². The first-order valence-electron chi connectivity index (χ1n) is 7.35. The minimum Gasteiger partial charge on any atom is -0.465 e. The Bertz CT molecular complexity index is 584. The van der Waals surface area contributed by atoms with Crippen LogP contribution in [-0.4, -0.2) is 25.5 Å². The van der Waals surface area contributed by atoms with Crippen molar-refractivity contribution in [1.82, 2.24) is 0 Å². The van der Waals surface area contributed by atoms with Crippen LogP contribution in [0.5, 0.6) is 0 Å². The van der Waals surface area contributed by atoms with E-state index in [1.54, 1.807) is 0 Å². The van der Waals surface area contributed by atoms with Crippen LogP contribution in [0.1, 0.15) is 46.5 Å². The highest BCUT2D eigenvalue weighted by Gasteiger charge is 2.43. The van der Waals surface area contributed by atoms with Gasteiger partial charge in [0.2, 0.25) is 5.91 Å². The molecule has 1 aromatic rings. The van der Waals surface area contributed by atoms with Crippen LogP contribution in [0, 0.1) is 5.41 Å². The Balaban J connectivity index is 1.89. The molecule has 3 rings (SSSR count). The quantitative estimate of drug-likeness (QED) is 0.835. The molecule has 2 aliphatic rings. The molecule has 1 saturated carbocycles. The molecule has 1 aromatic heterocycles. The first-order valence-corrected chi connectivity index (χ1v) is 8.17. The number of rotatable bonds is 4. The third-order valence-electron chi connectivity index (χ3n) is 4.72. The maximum atomic E-state index is 12.5. The summed E-state index contributed by atoms with van der Waals surface area (Å²) in [6.07, 6.45) is 5.61. The summed E-state index contributed by atoms with van der Waals surface area (Å²) in [5.41, 5.74) is 6.93. The average Bonchev–Trinajstić information content (AvgIpc) is 2.97. The molecular formula is C15H20N2O3S. The van der Waals surface area contributed by atoms with Crippen LogP contribution in [0.4, 0.5) is 5.00 Å². The topological polar surface area (TPSA) is 81.4 Å². The van der Waals surface area contributed by atoms with Gasteiger partial charge in [-0.1, -0.05) is 6.42 Å². The average molecular weight is 308 g/mol. The van der Waals surface area contributed by atoms with E-state index in [2.05, 4.69) is 5.32 Å². The van der Waals surface area contributed by atoms with Crippen molar-refractivity contribution in [2.75, 3.05) is 19.0 Å². The number of nitrogens with two attached hydrogens (primary N) is 1. The van der Waals surface area contributed by atoms with Crippen LogP contribution in [0.25, 0.3) is 0 Å². The summed E-state index contributed by atoms with van der Waals surface area (Å²) in [5, 5.41) is 3.58. The normalized spacial score (nSPS) is 18.8. The largest absolute Gasteiger partial charge is 0.465 e. The third-order valence-corrected chi connectivity index (χ3v) is 5.93. The highest BCUT2D eigenvalue weighted by molar-refractivity contribution is 7.17. The number of carbonyl (C=O) groups excluding carboxylic acids is 2. The van der Waals surface area contributed by atoms with E-state index in [1.807, 2.05) is 0 Å². The Morgan fingerprint density at radius 1 is 1.33 bits per heavy atom. The van der Waals surface area contributed by atoms with Crippen molar-refractivity contribution in [2.45, 2.75) is 38.5 Å². The number of anilines is 1. The van der Waals surface area contributed by atoms with E-state index in [4.69, 9.17) is 10.5 Å². The van der Waals surface area contributed by atoms with Gasteiger partial charge in [-0.2, -0.15) is 0 Å². The molecule has 21 heavy (non-hydrogen) atoms. The van der Waals surface area contributed by atoms with E-state index in [0.717, 1.165) is 44.1 Å². The number of nitrogens with one attached hydrogen (secondary N) is 1. The number of esters is 1. The third kappa shape index (κ3) is 2.26. The summed E-state index contributed by atoms with van der Waals surface area (Å²) in [5.74, 6) is -0.415. The second-order valence-corrected chi connectivity index (χ2v) is 6.95. The SMILES string of the molecule is COC(=O)c1c(NC(=O)C2(CN)CCC2)sc2c1CCC2. The lowest BCUT2D eigenvalue weighted by Gasteiger charge is -2.38. The van der Waals surface area contributed by atoms with Gasteiger partial charge in [-0.3, -0.25) is 4.79 Å². The number of aryl methyl sites for hydroxylation is 1. The van der Waals surface area contributed by atoms with E-state index in [-0.39, 0.29) is 11.9 Å². The molecule has 0 saturated heterocycles. The van der Waals surface area contributed by atoms with E-state index >= 15 is 0 Å². The standard InChI is InChI=1S/C15H20N2O3S/c1-20-13(18)11-9-4-2-5-10(9)21-12(11)17-14(19)15(8-16)6-3-7-15/h2-8,16H2,1H3,(H,17,19). The molecule has 6 heteroatoms. The fourth-order valence-corrected chi connectivity index (χ4v) is 4.45. The van der Waals surface area contributed by atoms with E-state index in [1.165, 1.54) is 23.3 Å². The zero-order valence-corrected chi connectivity index (χ0v) is 13.0. The van der Waals surface area contributed by atoms with Gasteiger partial charge in [0, 0.05) is 11.4 Å². The van der Waals surface area contributed by atoms with Gasteiger partial charge in [0.15, 0.2) is 0 Å². The van der Waals surface area contributed by atoms with Crippen molar-refractivity contribution in [3.8, 4) is 0 Å². The molecule has 0 aliphatic heterocycles. The van der Waals surface area contributed by atoms with Gasteiger partial charge in [0.05, 0.1) is 18.1 Å². The molecule has 1 fully saturated rings. The second kappa shape index (κ2) is 5.42. The number of hydrogen-bond acceptors (Lipinski definition) is 5. The number of hydrogen-bond donors (Lipinski definition) is 2. The first kappa shape index (κ1) is 14.5. The Labute approximate surface area is 127 Å². The Morgan fingerprint density at radius 2 is 2.10 bits per heavy atom. The maximum absolute atomic E-state index is 12.5. The zero-order chi connectivity index (χ0) is 15.0. The van der Waals surface area contributed by atoms with Gasteiger partial charge in [0.25, 0.3) is 0 Å². The van der Waals surface area contributed by atoms with Gasteiger partial charge in [-0.05, 0) is 37.7 Å². The lowest BCUT2D eigenvalue weighted by Crippen LogP contribution is -2.47. The number of methoxy groups -OCH3 is 1. The molecule has 3 N–H and O–H groups in total. The molecule has 0 unspecified atom stereocenters. The number of thiophene rings is 1. The number of ether oxygens (including phenoxy) is 1. The summed E-state index contributed by atoms with van der Waals surface area (Å²) in [6, 6.07) is 0. The van der Waals surface area contributed by atoms with Gasteiger partial charge in [-0.15, -0.1) is 11.3 Å². The van der Waals surface area contributed by atoms with Crippen molar-refractivity contribution in [1.29, 1.82) is 0 Å². The summed E-state index contributed by atoms with van der Waals surface area (Å²) in [4.78, 5) is 25.7. The smallest absolute Gasteiger partial charge is 0.341 e. The van der Waals surface area contributed by atoms with Crippen molar-refractivity contribution < 1.29 is 14.3 Å². The number of fused-ring (bicyclic) bond motifs is 1. The van der Waals surface area contributed by atoms with Crippen LogP contribution in [0.3, 0.4) is 0 Å². The molecular weight excluding hydrogens is 288 g/mol.